The average Bonchev–Trinajstić information content (AvgIpc) is 2.88. The van der Waals surface area contributed by atoms with Crippen LogP contribution in [0.25, 0.3) is 0 Å². The molecule has 0 fully saturated rings. The smallest absolute Gasteiger partial charge is 0.306 e. The lowest BCUT2D eigenvalue weighted by atomic mass is 9.72. The van der Waals surface area contributed by atoms with Gasteiger partial charge in [0.2, 0.25) is 0 Å². The standard InChI is InChI=1S/C37H62O2/c1-7-8-9-10-11-12-13-14-15-16-17-18-19-20-26-36(38)39-31-29-33(3)24-21-23-32(2)27-28-35-34(4)25-22-30-37(35,5)6/h21,23-24,27-29H,7-20,22,25-26,30-31H2,1-6H3. The molecular weight excluding hydrogens is 476 g/mol. The summed E-state index contributed by atoms with van der Waals surface area (Å²) in [6, 6.07) is 0. The number of rotatable bonds is 21. The third-order valence-electron chi connectivity index (χ3n) is 8.16. The average molecular weight is 539 g/mol. The fraction of sp³-hybridized carbons (Fsp3) is 0.703. The number of allylic oxidation sites excluding steroid dienone is 9. The van der Waals surface area contributed by atoms with Crippen LogP contribution in [0.3, 0.4) is 0 Å². The molecule has 0 atom stereocenters. The number of hydrogen-bond donors (Lipinski definition) is 0. The quantitative estimate of drug-likeness (QED) is 0.0825. The normalized spacial score (nSPS) is 16.6. The Kier molecular flexibility index (Phi) is 19.8. The number of carbonyl (C=O) groups excluding carboxylic acids is 1. The van der Waals surface area contributed by atoms with E-state index in [0.29, 0.717) is 13.0 Å². The summed E-state index contributed by atoms with van der Waals surface area (Å²) in [5.74, 6) is -0.0712. The molecule has 1 aliphatic rings. The third-order valence-corrected chi connectivity index (χ3v) is 8.16. The summed E-state index contributed by atoms with van der Waals surface area (Å²) in [6.45, 7) is 13.8. The molecular formula is C37H62O2. The zero-order valence-corrected chi connectivity index (χ0v) is 26.7. The van der Waals surface area contributed by atoms with Gasteiger partial charge in [-0.3, -0.25) is 4.79 Å². The van der Waals surface area contributed by atoms with Crippen molar-refractivity contribution in [2.24, 2.45) is 5.41 Å². The lowest BCUT2D eigenvalue weighted by Crippen LogP contribution is -2.19. The van der Waals surface area contributed by atoms with E-state index in [1.165, 1.54) is 113 Å². The van der Waals surface area contributed by atoms with Gasteiger partial charge in [0.1, 0.15) is 6.61 Å². The summed E-state index contributed by atoms with van der Waals surface area (Å²) in [4.78, 5) is 12.0. The van der Waals surface area contributed by atoms with Crippen molar-refractivity contribution in [3.05, 3.63) is 58.7 Å². The van der Waals surface area contributed by atoms with Gasteiger partial charge in [-0.1, -0.05) is 151 Å². The molecule has 0 unspecified atom stereocenters. The van der Waals surface area contributed by atoms with Gasteiger partial charge < -0.3 is 4.74 Å². The molecule has 0 aliphatic heterocycles. The molecule has 1 rings (SSSR count). The van der Waals surface area contributed by atoms with E-state index in [1.54, 1.807) is 0 Å². The Morgan fingerprint density at radius 1 is 0.821 bits per heavy atom. The van der Waals surface area contributed by atoms with Crippen LogP contribution in [0.15, 0.2) is 58.7 Å². The fourth-order valence-electron chi connectivity index (χ4n) is 5.50. The van der Waals surface area contributed by atoms with E-state index < -0.39 is 0 Å². The van der Waals surface area contributed by atoms with Gasteiger partial charge in [-0.15, -0.1) is 0 Å². The number of hydrogen-bond acceptors (Lipinski definition) is 2. The summed E-state index contributed by atoms with van der Waals surface area (Å²) in [5, 5.41) is 0. The summed E-state index contributed by atoms with van der Waals surface area (Å²) >= 11 is 0. The number of ether oxygens (including phenoxy) is 1. The van der Waals surface area contributed by atoms with Crippen LogP contribution in [0, 0.1) is 5.41 Å². The fourth-order valence-corrected chi connectivity index (χ4v) is 5.50. The van der Waals surface area contributed by atoms with E-state index in [0.717, 1.165) is 18.4 Å². The Hall–Kier alpha value is -1.83. The van der Waals surface area contributed by atoms with Crippen molar-refractivity contribution in [2.75, 3.05) is 6.61 Å². The maximum atomic E-state index is 12.0. The predicted octanol–water partition coefficient (Wildman–Crippen LogP) is 11.9. The van der Waals surface area contributed by atoms with Crippen molar-refractivity contribution < 1.29 is 9.53 Å². The van der Waals surface area contributed by atoms with Gasteiger partial charge in [0.05, 0.1) is 0 Å². The van der Waals surface area contributed by atoms with E-state index in [1.807, 2.05) is 6.08 Å². The molecule has 0 radical (unpaired) electrons. The Labute approximate surface area is 243 Å². The monoisotopic (exact) mass is 538 g/mol. The highest BCUT2D eigenvalue weighted by molar-refractivity contribution is 5.69. The largest absolute Gasteiger partial charge is 0.461 e. The van der Waals surface area contributed by atoms with Crippen molar-refractivity contribution in [3.8, 4) is 0 Å². The van der Waals surface area contributed by atoms with Crippen molar-refractivity contribution >= 4 is 5.97 Å². The SMILES string of the molecule is CCCCCCCCCCCCCCCCC(=O)OCC=C(C)C=CC=C(C)C=CC1=C(C)CCCC1(C)C. The second kappa shape index (κ2) is 21.9. The van der Waals surface area contributed by atoms with Gasteiger partial charge in [0.25, 0.3) is 0 Å². The summed E-state index contributed by atoms with van der Waals surface area (Å²) < 4.78 is 5.41. The lowest BCUT2D eigenvalue weighted by molar-refractivity contribution is -0.142. The topological polar surface area (TPSA) is 26.3 Å². The zero-order chi connectivity index (χ0) is 28.8. The minimum absolute atomic E-state index is 0.0712. The summed E-state index contributed by atoms with van der Waals surface area (Å²) in [5.41, 5.74) is 5.65. The molecule has 39 heavy (non-hydrogen) atoms. The lowest BCUT2D eigenvalue weighted by Gasteiger charge is -2.32. The van der Waals surface area contributed by atoms with Gasteiger partial charge in [0, 0.05) is 6.42 Å². The molecule has 0 amide bonds. The second-order valence-electron chi connectivity index (χ2n) is 12.5. The van der Waals surface area contributed by atoms with Gasteiger partial charge in [-0.25, -0.2) is 0 Å². The molecule has 0 saturated heterocycles. The number of esters is 1. The summed E-state index contributed by atoms with van der Waals surface area (Å²) in [6.07, 6.45) is 35.7. The second-order valence-corrected chi connectivity index (χ2v) is 12.5. The molecule has 0 spiro atoms. The van der Waals surface area contributed by atoms with E-state index in [4.69, 9.17) is 4.74 Å². The van der Waals surface area contributed by atoms with Gasteiger partial charge in [-0.2, -0.15) is 0 Å². The van der Waals surface area contributed by atoms with Crippen LogP contribution in [-0.2, 0) is 9.53 Å². The maximum absolute atomic E-state index is 12.0. The van der Waals surface area contributed by atoms with Gasteiger partial charge >= 0.3 is 5.97 Å². The Morgan fingerprint density at radius 3 is 1.95 bits per heavy atom. The van der Waals surface area contributed by atoms with Crippen LogP contribution in [0.2, 0.25) is 0 Å². The molecule has 0 saturated carbocycles. The predicted molar refractivity (Wildman–Crippen MR) is 172 cm³/mol. The highest BCUT2D eigenvalue weighted by atomic mass is 16.5. The molecule has 222 valence electrons. The van der Waals surface area contributed by atoms with Crippen LogP contribution < -0.4 is 0 Å². The molecule has 0 aromatic heterocycles. The van der Waals surface area contributed by atoms with Crippen LogP contribution in [0.5, 0.6) is 0 Å². The van der Waals surface area contributed by atoms with Crippen LogP contribution in [-0.4, -0.2) is 12.6 Å². The van der Waals surface area contributed by atoms with Crippen molar-refractivity contribution in [1.29, 1.82) is 0 Å². The third kappa shape index (κ3) is 18.2. The maximum Gasteiger partial charge on any atom is 0.306 e. The highest BCUT2D eigenvalue weighted by Gasteiger charge is 2.26. The first-order valence-electron chi connectivity index (χ1n) is 16.3. The van der Waals surface area contributed by atoms with Gasteiger partial charge in [-0.05, 0) is 63.5 Å². The van der Waals surface area contributed by atoms with E-state index in [-0.39, 0.29) is 11.4 Å². The molecule has 0 bridgehead atoms. The first-order valence-corrected chi connectivity index (χ1v) is 16.3. The minimum Gasteiger partial charge on any atom is -0.461 e. The molecule has 0 heterocycles. The van der Waals surface area contributed by atoms with Crippen molar-refractivity contribution in [3.63, 3.8) is 0 Å². The first-order chi connectivity index (χ1) is 18.8. The van der Waals surface area contributed by atoms with Crippen LogP contribution >= 0.6 is 0 Å². The minimum atomic E-state index is -0.0712. The van der Waals surface area contributed by atoms with Crippen LogP contribution in [0.4, 0.5) is 0 Å². The summed E-state index contributed by atoms with van der Waals surface area (Å²) in [7, 11) is 0. The molecule has 1 aliphatic carbocycles. The van der Waals surface area contributed by atoms with E-state index >= 15 is 0 Å². The first kappa shape index (κ1) is 35.2. The number of unbranched alkanes of at least 4 members (excludes halogenated alkanes) is 13. The van der Waals surface area contributed by atoms with E-state index in [9.17, 15) is 4.79 Å². The van der Waals surface area contributed by atoms with Crippen molar-refractivity contribution in [1.82, 2.24) is 0 Å². The zero-order valence-electron chi connectivity index (χ0n) is 26.7. The van der Waals surface area contributed by atoms with E-state index in [2.05, 4.69) is 71.9 Å². The number of carbonyl (C=O) groups is 1. The Balaban J connectivity index is 2.11. The molecule has 2 heteroatoms. The van der Waals surface area contributed by atoms with Gasteiger partial charge in [0.15, 0.2) is 0 Å². The van der Waals surface area contributed by atoms with Crippen LogP contribution in [0.1, 0.15) is 157 Å². The molecule has 0 aromatic rings. The molecule has 0 N–H and O–H groups in total. The molecule has 2 nitrogen and oxygen atoms in total. The molecule has 0 aromatic carbocycles. The highest BCUT2D eigenvalue weighted by Crippen LogP contribution is 2.40. The van der Waals surface area contributed by atoms with Crippen molar-refractivity contribution in [2.45, 2.75) is 157 Å². The Morgan fingerprint density at radius 2 is 1.38 bits per heavy atom. The Bertz CT molecular complexity index is 818.